The second kappa shape index (κ2) is 7.62. The van der Waals surface area contributed by atoms with Gasteiger partial charge in [0.15, 0.2) is 0 Å². The molecule has 2 saturated heterocycles. The van der Waals surface area contributed by atoms with Gasteiger partial charge in [-0.2, -0.15) is 0 Å². The molecule has 4 heterocycles. The van der Waals surface area contributed by atoms with Crippen LogP contribution in [0.15, 0.2) is 28.9 Å². The first-order valence-corrected chi connectivity index (χ1v) is 10.2. The third kappa shape index (κ3) is 3.81. The van der Waals surface area contributed by atoms with E-state index in [1.165, 1.54) is 5.56 Å². The van der Waals surface area contributed by atoms with Crippen LogP contribution < -0.4 is 0 Å². The third-order valence-corrected chi connectivity index (χ3v) is 6.17. The van der Waals surface area contributed by atoms with Crippen molar-refractivity contribution in [2.75, 3.05) is 19.6 Å². The number of carbonyl (C=O) groups is 1. The Morgan fingerprint density at radius 1 is 1.32 bits per heavy atom. The zero-order valence-corrected chi connectivity index (χ0v) is 17.0. The summed E-state index contributed by atoms with van der Waals surface area (Å²) in [6, 6.07) is 4.20. The highest BCUT2D eigenvalue weighted by atomic mass is 16.4. The van der Waals surface area contributed by atoms with Crippen LogP contribution >= 0.6 is 0 Å². The molecule has 2 aromatic rings. The molecule has 0 saturated carbocycles. The highest BCUT2D eigenvalue weighted by Gasteiger charge is 2.48. The van der Waals surface area contributed by atoms with E-state index in [-0.39, 0.29) is 23.3 Å². The summed E-state index contributed by atoms with van der Waals surface area (Å²) in [6.07, 6.45) is 6.77. The lowest BCUT2D eigenvalue weighted by Crippen LogP contribution is -2.45. The summed E-state index contributed by atoms with van der Waals surface area (Å²) in [7, 11) is 0. The Morgan fingerprint density at radius 3 is 2.71 bits per heavy atom. The van der Waals surface area contributed by atoms with Crippen LogP contribution in [0.25, 0.3) is 0 Å². The Hall–Kier alpha value is -2.28. The molecule has 28 heavy (non-hydrogen) atoms. The van der Waals surface area contributed by atoms with Gasteiger partial charge < -0.3 is 9.32 Å². The highest BCUT2D eigenvalue weighted by Crippen LogP contribution is 2.49. The lowest BCUT2D eigenvalue weighted by molar-refractivity contribution is -0.136. The molecule has 1 atom stereocenters. The van der Waals surface area contributed by atoms with Gasteiger partial charge in [-0.1, -0.05) is 19.9 Å². The molecule has 150 valence electrons. The maximum atomic E-state index is 12.4. The summed E-state index contributed by atoms with van der Waals surface area (Å²) >= 11 is 0. The summed E-state index contributed by atoms with van der Waals surface area (Å²) in [5.74, 6) is 1.64. The second-order valence-electron chi connectivity index (χ2n) is 8.63. The summed E-state index contributed by atoms with van der Waals surface area (Å²) in [4.78, 5) is 21.1. The predicted octanol–water partition coefficient (Wildman–Crippen LogP) is 2.98. The Balaban J connectivity index is 1.52. The van der Waals surface area contributed by atoms with Crippen LogP contribution in [0, 0.1) is 18.3 Å². The Labute approximate surface area is 166 Å². The Bertz CT molecular complexity index is 811. The van der Waals surface area contributed by atoms with Crippen molar-refractivity contribution in [3.05, 3.63) is 41.9 Å². The van der Waals surface area contributed by atoms with E-state index in [9.17, 15) is 4.79 Å². The van der Waals surface area contributed by atoms with Crippen LogP contribution in [-0.2, 0) is 11.3 Å². The minimum Gasteiger partial charge on any atom is -0.424 e. The molecule has 0 radical (unpaired) electrons. The van der Waals surface area contributed by atoms with E-state index in [2.05, 4.69) is 26.1 Å². The average Bonchev–Trinajstić information content (AvgIpc) is 3.26. The molecule has 2 aliphatic rings. The molecule has 0 aliphatic carbocycles. The van der Waals surface area contributed by atoms with E-state index in [4.69, 9.17) is 4.42 Å². The van der Waals surface area contributed by atoms with Crippen molar-refractivity contribution >= 4 is 5.91 Å². The van der Waals surface area contributed by atoms with Crippen molar-refractivity contribution in [3.63, 3.8) is 0 Å². The number of rotatable bonds is 4. The number of aryl methyl sites for hydroxylation is 1. The number of amides is 1. The molecule has 2 aromatic heterocycles. The van der Waals surface area contributed by atoms with Gasteiger partial charge >= 0.3 is 0 Å². The highest BCUT2D eigenvalue weighted by molar-refractivity contribution is 5.78. The van der Waals surface area contributed by atoms with Crippen LogP contribution in [0.1, 0.15) is 56.5 Å². The van der Waals surface area contributed by atoms with Crippen LogP contribution in [0.4, 0.5) is 0 Å². The van der Waals surface area contributed by atoms with Gasteiger partial charge in [-0.05, 0) is 36.3 Å². The molecule has 1 amide bonds. The van der Waals surface area contributed by atoms with Gasteiger partial charge in [0, 0.05) is 51.4 Å². The molecule has 7 nitrogen and oxygen atoms in total. The van der Waals surface area contributed by atoms with Crippen molar-refractivity contribution in [1.82, 2.24) is 25.0 Å². The monoisotopic (exact) mass is 383 g/mol. The lowest BCUT2D eigenvalue weighted by Gasteiger charge is -2.40. The number of likely N-dealkylation sites (tertiary alicyclic amines) is 2. The summed E-state index contributed by atoms with van der Waals surface area (Å²) < 4.78 is 5.82. The molecular formula is C21H29N5O2. The van der Waals surface area contributed by atoms with Gasteiger partial charge in [-0.15, -0.1) is 10.2 Å². The van der Waals surface area contributed by atoms with Gasteiger partial charge in [0.1, 0.15) is 0 Å². The Kier molecular flexibility index (Phi) is 5.19. The van der Waals surface area contributed by atoms with Crippen molar-refractivity contribution in [2.24, 2.45) is 11.3 Å². The first kappa shape index (κ1) is 19.1. The smallest absolute Gasteiger partial charge is 0.233 e. The lowest BCUT2D eigenvalue weighted by atomic mass is 9.76. The second-order valence-corrected chi connectivity index (χ2v) is 8.63. The van der Waals surface area contributed by atoms with E-state index in [1.807, 2.05) is 37.9 Å². The largest absolute Gasteiger partial charge is 0.424 e. The summed E-state index contributed by atoms with van der Waals surface area (Å²) in [5.41, 5.74) is 1.39. The molecule has 0 aromatic carbocycles. The number of carbonyl (C=O) groups excluding carboxylic acids is 1. The SMILES string of the molecule is Cc1nnc(C2CC3(CCN(C(=O)C(C)C)CC3)CN2Cc2cccnc2)o1. The van der Waals surface area contributed by atoms with Crippen molar-refractivity contribution < 1.29 is 9.21 Å². The van der Waals surface area contributed by atoms with E-state index in [0.29, 0.717) is 11.8 Å². The Morgan fingerprint density at radius 2 is 2.11 bits per heavy atom. The van der Waals surface area contributed by atoms with Gasteiger partial charge in [-0.3, -0.25) is 14.7 Å². The molecule has 2 aliphatic heterocycles. The van der Waals surface area contributed by atoms with Gasteiger partial charge in [0.25, 0.3) is 0 Å². The molecule has 1 unspecified atom stereocenters. The van der Waals surface area contributed by atoms with E-state index in [0.717, 1.165) is 45.4 Å². The predicted molar refractivity (Wildman–Crippen MR) is 104 cm³/mol. The minimum atomic E-state index is 0.0637. The fraction of sp³-hybridized carbons (Fsp3) is 0.619. The molecule has 0 bridgehead atoms. The fourth-order valence-electron chi connectivity index (χ4n) is 4.66. The fourth-order valence-corrected chi connectivity index (χ4v) is 4.66. The maximum Gasteiger partial charge on any atom is 0.233 e. The van der Waals surface area contributed by atoms with Crippen molar-refractivity contribution in [1.29, 1.82) is 0 Å². The van der Waals surface area contributed by atoms with Crippen molar-refractivity contribution in [2.45, 2.75) is 52.6 Å². The van der Waals surface area contributed by atoms with Gasteiger partial charge in [-0.25, -0.2) is 0 Å². The molecule has 2 fully saturated rings. The number of hydrogen-bond donors (Lipinski definition) is 0. The molecule has 4 rings (SSSR count). The normalized spacial score (nSPS) is 22.3. The first-order valence-electron chi connectivity index (χ1n) is 10.2. The zero-order chi connectivity index (χ0) is 19.7. The number of piperidine rings is 1. The number of nitrogens with zero attached hydrogens (tertiary/aromatic N) is 5. The standard InChI is InChI=1S/C21H29N5O2/c1-15(2)20(27)25-9-6-21(7-10-25)11-18(19-24-23-16(3)28-19)26(14-21)13-17-5-4-8-22-12-17/h4-5,8,12,15,18H,6-7,9-11,13-14H2,1-3H3. The van der Waals surface area contributed by atoms with Crippen LogP contribution in [0.5, 0.6) is 0 Å². The molecular weight excluding hydrogens is 354 g/mol. The van der Waals surface area contributed by atoms with Gasteiger partial charge in [0.2, 0.25) is 17.7 Å². The van der Waals surface area contributed by atoms with E-state index >= 15 is 0 Å². The van der Waals surface area contributed by atoms with Crippen molar-refractivity contribution in [3.8, 4) is 0 Å². The van der Waals surface area contributed by atoms with Crippen LogP contribution in [0.2, 0.25) is 0 Å². The minimum absolute atomic E-state index is 0.0637. The quantitative estimate of drug-likeness (QED) is 0.808. The summed E-state index contributed by atoms with van der Waals surface area (Å²) in [6.45, 7) is 9.27. The molecule has 7 heteroatoms. The zero-order valence-electron chi connectivity index (χ0n) is 17.0. The van der Waals surface area contributed by atoms with Gasteiger partial charge in [0.05, 0.1) is 6.04 Å². The average molecular weight is 383 g/mol. The topological polar surface area (TPSA) is 75.4 Å². The molecule has 0 N–H and O–H groups in total. The van der Waals surface area contributed by atoms with Crippen LogP contribution in [-0.4, -0.2) is 50.5 Å². The first-order chi connectivity index (χ1) is 13.5. The summed E-state index contributed by atoms with van der Waals surface area (Å²) in [5, 5.41) is 8.38. The molecule has 1 spiro atoms. The van der Waals surface area contributed by atoms with Crippen LogP contribution in [0.3, 0.4) is 0 Å². The number of hydrogen-bond acceptors (Lipinski definition) is 6. The van der Waals surface area contributed by atoms with E-state index < -0.39 is 0 Å². The maximum absolute atomic E-state index is 12.4. The number of aromatic nitrogens is 3. The van der Waals surface area contributed by atoms with E-state index in [1.54, 1.807) is 6.20 Å². The third-order valence-electron chi connectivity index (χ3n) is 6.17. The number of pyridine rings is 1.